The van der Waals surface area contributed by atoms with Crippen molar-refractivity contribution in [3.05, 3.63) is 80.1 Å². The van der Waals surface area contributed by atoms with Crippen LogP contribution in [0.5, 0.6) is 5.88 Å². The molecule has 11 heteroatoms. The number of nitrogens with zero attached hydrogens (tertiary/aromatic N) is 1. The van der Waals surface area contributed by atoms with E-state index in [2.05, 4.69) is 15.6 Å². The lowest BCUT2D eigenvalue weighted by atomic mass is 10.00. The Kier molecular flexibility index (Phi) is 11.3. The molecule has 2 N–H and O–H groups in total. The fourth-order valence-corrected chi connectivity index (χ4v) is 4.47. The minimum Gasteiger partial charge on any atom is -0.473 e. The van der Waals surface area contributed by atoms with Gasteiger partial charge in [0.05, 0.1) is 27.7 Å². The van der Waals surface area contributed by atoms with Crippen LogP contribution in [0.2, 0.25) is 10.0 Å². The van der Waals surface area contributed by atoms with Gasteiger partial charge in [0.25, 0.3) is 11.4 Å². The summed E-state index contributed by atoms with van der Waals surface area (Å²) in [5.41, 5.74) is 2.26. The first-order valence-electron chi connectivity index (χ1n) is 13.6. The number of rotatable bonds is 8. The number of aromatic amines is 1. The molecule has 0 aliphatic carbocycles. The predicted octanol–water partition coefficient (Wildman–Crippen LogP) is 8.43. The molecule has 0 fully saturated rings. The summed E-state index contributed by atoms with van der Waals surface area (Å²) >= 11 is 12.3. The maximum Gasteiger partial charge on any atom is 0.407 e. The van der Waals surface area contributed by atoms with Crippen LogP contribution in [0.15, 0.2) is 62.4 Å². The Bertz CT molecular complexity index is 1530. The largest absolute Gasteiger partial charge is 0.473 e. The third-order valence-corrected chi connectivity index (χ3v) is 6.49. The highest BCUT2D eigenvalue weighted by atomic mass is 35.5. The number of carbonyl (C=O) groups excluding carboxylic acids is 1. The first-order valence-corrected chi connectivity index (χ1v) is 14.4. The van der Waals surface area contributed by atoms with Gasteiger partial charge in [0.1, 0.15) is 12.2 Å². The van der Waals surface area contributed by atoms with Crippen molar-refractivity contribution in [3.63, 3.8) is 0 Å². The number of aromatic nitrogens is 2. The molecule has 0 saturated carbocycles. The standard InChI is InChI=1S/C19H25ClN2O4.C12H12ClNO2/c1-12(2)15-16(13-8-6-7-9-14(13)20)26-22-17(15)24-11-10-21-18(23)25-19(3,4)5;1-7(2)10-11(16-14-12(10)15)8-5-3-4-6-9(8)13/h6-9,12H,10-11H2,1-5H3,(H,21,23);3-7H,1-2H3,(H,14,15). The van der Waals surface area contributed by atoms with Crippen LogP contribution in [-0.4, -0.2) is 35.2 Å². The number of H-pyrrole nitrogens is 1. The van der Waals surface area contributed by atoms with E-state index >= 15 is 0 Å². The smallest absolute Gasteiger partial charge is 0.407 e. The molecule has 9 nitrogen and oxygen atoms in total. The number of amides is 1. The summed E-state index contributed by atoms with van der Waals surface area (Å²) in [6.07, 6.45) is -0.484. The fourth-order valence-electron chi connectivity index (χ4n) is 4.03. The summed E-state index contributed by atoms with van der Waals surface area (Å²) in [6.45, 7) is 13.9. The molecule has 42 heavy (non-hydrogen) atoms. The summed E-state index contributed by atoms with van der Waals surface area (Å²) in [4.78, 5) is 23.2. The lowest BCUT2D eigenvalue weighted by Crippen LogP contribution is -2.34. The van der Waals surface area contributed by atoms with E-state index in [1.54, 1.807) is 12.1 Å². The third kappa shape index (κ3) is 8.66. The first-order chi connectivity index (χ1) is 19.8. The second kappa shape index (κ2) is 14.5. The maximum atomic E-state index is 11.6. The zero-order chi connectivity index (χ0) is 31.0. The van der Waals surface area contributed by atoms with Gasteiger partial charge in [-0.05, 0) is 62.0 Å². The lowest BCUT2D eigenvalue weighted by molar-refractivity contribution is 0.0519. The molecule has 0 atom stereocenters. The molecule has 0 radical (unpaired) electrons. The van der Waals surface area contributed by atoms with Gasteiger partial charge in [-0.2, -0.15) is 5.16 Å². The minimum atomic E-state index is -0.536. The second-order valence-electron chi connectivity index (χ2n) is 11.1. The number of ether oxygens (including phenoxy) is 2. The van der Waals surface area contributed by atoms with Crippen molar-refractivity contribution in [1.82, 2.24) is 15.6 Å². The third-order valence-electron chi connectivity index (χ3n) is 5.83. The Balaban J connectivity index is 0.000000258. The average molecular weight is 619 g/mol. The second-order valence-corrected chi connectivity index (χ2v) is 11.9. The zero-order valence-electron chi connectivity index (χ0n) is 24.8. The fraction of sp³-hybridized carbons (Fsp3) is 0.387. The monoisotopic (exact) mass is 617 g/mol. The Morgan fingerprint density at radius 1 is 0.929 bits per heavy atom. The van der Waals surface area contributed by atoms with Crippen molar-refractivity contribution in [2.45, 2.75) is 65.9 Å². The molecule has 0 aliphatic heterocycles. The topological polar surface area (TPSA) is 120 Å². The zero-order valence-corrected chi connectivity index (χ0v) is 26.4. The highest BCUT2D eigenvalue weighted by Crippen LogP contribution is 2.39. The molecule has 0 aliphatic rings. The minimum absolute atomic E-state index is 0.0915. The van der Waals surface area contributed by atoms with E-state index in [-0.39, 0.29) is 24.0 Å². The number of alkyl carbamates (subject to hydrolysis) is 1. The number of carbonyl (C=O) groups is 1. The van der Waals surface area contributed by atoms with Crippen LogP contribution in [0.1, 0.15) is 71.4 Å². The molecular weight excluding hydrogens is 581 g/mol. The van der Waals surface area contributed by atoms with Gasteiger partial charge in [0, 0.05) is 11.1 Å². The normalized spacial score (nSPS) is 11.3. The quantitative estimate of drug-likeness (QED) is 0.190. The number of hydrogen-bond donors (Lipinski definition) is 2. The Morgan fingerprint density at radius 3 is 2.00 bits per heavy atom. The van der Waals surface area contributed by atoms with Gasteiger partial charge in [0.15, 0.2) is 11.5 Å². The predicted molar refractivity (Wildman–Crippen MR) is 165 cm³/mol. The van der Waals surface area contributed by atoms with Crippen molar-refractivity contribution in [2.75, 3.05) is 13.2 Å². The van der Waals surface area contributed by atoms with Crippen LogP contribution < -0.4 is 15.6 Å². The molecule has 226 valence electrons. The molecule has 2 aromatic carbocycles. The van der Waals surface area contributed by atoms with Crippen LogP contribution in [0.4, 0.5) is 4.79 Å². The number of nitrogens with one attached hydrogen (secondary N) is 2. The van der Waals surface area contributed by atoms with Crippen molar-refractivity contribution in [3.8, 4) is 28.5 Å². The van der Waals surface area contributed by atoms with Gasteiger partial charge in [-0.25, -0.2) is 4.79 Å². The van der Waals surface area contributed by atoms with E-state index in [0.717, 1.165) is 16.7 Å². The van der Waals surface area contributed by atoms with E-state index in [1.165, 1.54) is 0 Å². The Morgan fingerprint density at radius 2 is 1.48 bits per heavy atom. The molecule has 2 heterocycles. The van der Waals surface area contributed by atoms with Crippen molar-refractivity contribution in [1.29, 1.82) is 0 Å². The summed E-state index contributed by atoms with van der Waals surface area (Å²) in [5, 5.41) is 10.2. The molecule has 0 bridgehead atoms. The summed E-state index contributed by atoms with van der Waals surface area (Å²) in [6, 6.07) is 14.7. The van der Waals surface area contributed by atoms with E-state index in [1.807, 2.05) is 84.9 Å². The van der Waals surface area contributed by atoms with Gasteiger partial charge >= 0.3 is 6.09 Å². The van der Waals surface area contributed by atoms with E-state index in [0.29, 0.717) is 39.6 Å². The van der Waals surface area contributed by atoms with Crippen LogP contribution in [0.3, 0.4) is 0 Å². The highest BCUT2D eigenvalue weighted by Gasteiger charge is 2.23. The van der Waals surface area contributed by atoms with Gasteiger partial charge in [0.2, 0.25) is 0 Å². The van der Waals surface area contributed by atoms with Crippen molar-refractivity contribution < 1.29 is 23.3 Å². The molecule has 0 saturated heterocycles. The molecule has 4 rings (SSSR count). The Hall–Kier alpha value is -3.69. The van der Waals surface area contributed by atoms with Crippen LogP contribution in [0, 0.1) is 0 Å². The van der Waals surface area contributed by atoms with Gasteiger partial charge in [-0.15, -0.1) is 0 Å². The molecule has 1 amide bonds. The lowest BCUT2D eigenvalue weighted by Gasteiger charge is -2.19. The molecule has 0 spiro atoms. The SMILES string of the molecule is CC(C)c1c(-c2ccccc2Cl)o[nH]c1=O.CC(C)c1c(OCCNC(=O)OC(C)(C)C)noc1-c1ccccc1Cl. The summed E-state index contributed by atoms with van der Waals surface area (Å²) < 4.78 is 21.6. The van der Waals surface area contributed by atoms with E-state index in [4.69, 9.17) is 41.7 Å². The summed E-state index contributed by atoms with van der Waals surface area (Å²) in [5.74, 6) is 1.75. The van der Waals surface area contributed by atoms with E-state index in [9.17, 15) is 9.59 Å². The molecule has 0 unspecified atom stereocenters. The van der Waals surface area contributed by atoms with Crippen molar-refractivity contribution in [2.24, 2.45) is 0 Å². The molecule has 4 aromatic rings. The van der Waals surface area contributed by atoms with Crippen LogP contribution in [0.25, 0.3) is 22.6 Å². The average Bonchev–Trinajstić information content (AvgIpc) is 3.50. The van der Waals surface area contributed by atoms with Gasteiger partial charge in [-0.1, -0.05) is 75.2 Å². The Labute approximate surface area is 255 Å². The van der Waals surface area contributed by atoms with Crippen LogP contribution >= 0.6 is 23.2 Å². The van der Waals surface area contributed by atoms with Crippen LogP contribution in [-0.2, 0) is 4.74 Å². The first kappa shape index (κ1) is 32.8. The number of hydrogen-bond acceptors (Lipinski definition) is 7. The van der Waals surface area contributed by atoms with E-state index < -0.39 is 11.7 Å². The number of halogens is 2. The molecular formula is C31H37Cl2N3O6. The summed E-state index contributed by atoms with van der Waals surface area (Å²) in [7, 11) is 0. The van der Waals surface area contributed by atoms with Crippen molar-refractivity contribution >= 4 is 29.3 Å². The maximum absolute atomic E-state index is 11.6. The van der Waals surface area contributed by atoms with Gasteiger partial charge in [-0.3, -0.25) is 4.79 Å². The van der Waals surface area contributed by atoms with Gasteiger partial charge < -0.3 is 23.8 Å². The molecule has 2 aromatic heterocycles. The number of benzene rings is 2. The highest BCUT2D eigenvalue weighted by molar-refractivity contribution is 6.33.